The van der Waals surface area contributed by atoms with Crippen LogP contribution in [0.1, 0.15) is 32.0 Å². The maximum absolute atomic E-state index is 13.5. The molecule has 10 heteroatoms. The Hall–Kier alpha value is -4.18. The van der Waals surface area contributed by atoms with E-state index in [2.05, 4.69) is 0 Å². The van der Waals surface area contributed by atoms with E-state index in [9.17, 15) is 23.6 Å². The Balaban J connectivity index is 1.24. The molecule has 0 radical (unpaired) electrons. The molecule has 5 rings (SSSR count). The molecule has 0 aliphatic carbocycles. The number of hydrogen-bond donors (Lipinski definition) is 0. The van der Waals surface area contributed by atoms with E-state index in [4.69, 9.17) is 4.42 Å². The highest BCUT2D eigenvalue weighted by molar-refractivity contribution is 8.18. The summed E-state index contributed by atoms with van der Waals surface area (Å²) < 4.78 is 18.7. The Morgan fingerprint density at radius 3 is 2.35 bits per heavy atom. The molecule has 188 valence electrons. The van der Waals surface area contributed by atoms with E-state index in [0.717, 1.165) is 16.7 Å². The number of halogens is 1. The Bertz CT molecular complexity index is 1400. The Morgan fingerprint density at radius 2 is 1.65 bits per heavy atom. The second-order valence-electron chi connectivity index (χ2n) is 8.58. The monoisotopic (exact) mass is 519 g/mol. The van der Waals surface area contributed by atoms with Crippen molar-refractivity contribution in [3.05, 3.63) is 100 Å². The molecule has 3 aromatic rings. The maximum atomic E-state index is 13.5. The topological polar surface area (TPSA) is 91.1 Å². The van der Waals surface area contributed by atoms with Crippen LogP contribution in [0.5, 0.6) is 0 Å². The molecular formula is C27H22FN3O5S. The van der Waals surface area contributed by atoms with E-state index >= 15 is 0 Å². The van der Waals surface area contributed by atoms with Crippen LogP contribution in [0.4, 0.5) is 9.18 Å². The minimum Gasteiger partial charge on any atom is -0.459 e. The fourth-order valence-corrected chi connectivity index (χ4v) is 5.06. The highest BCUT2D eigenvalue weighted by atomic mass is 32.2. The fraction of sp³-hybridized carbons (Fsp3) is 0.185. The zero-order valence-electron chi connectivity index (χ0n) is 19.6. The number of piperazine rings is 1. The molecule has 0 spiro atoms. The lowest BCUT2D eigenvalue weighted by Crippen LogP contribution is -2.50. The van der Waals surface area contributed by atoms with Crippen LogP contribution in [0.25, 0.3) is 6.08 Å². The van der Waals surface area contributed by atoms with Gasteiger partial charge in [0, 0.05) is 31.7 Å². The summed E-state index contributed by atoms with van der Waals surface area (Å²) in [7, 11) is 0. The molecule has 2 aliphatic heterocycles. The zero-order chi connectivity index (χ0) is 25.9. The molecule has 3 heterocycles. The Labute approximate surface area is 216 Å². The minimum absolute atomic E-state index is 0.0211. The molecule has 0 atom stereocenters. The summed E-state index contributed by atoms with van der Waals surface area (Å²) in [6, 6.07) is 15.9. The summed E-state index contributed by atoms with van der Waals surface area (Å²) in [6.07, 6.45) is 3.03. The predicted molar refractivity (Wildman–Crippen MR) is 135 cm³/mol. The van der Waals surface area contributed by atoms with Gasteiger partial charge in [0.05, 0.1) is 17.7 Å². The quantitative estimate of drug-likeness (QED) is 0.468. The molecule has 0 unspecified atom stereocenters. The third kappa shape index (κ3) is 5.34. The number of thioether (sulfide) groups is 1. The number of carbonyl (C=O) groups excluding carboxylic acids is 4. The van der Waals surface area contributed by atoms with Crippen molar-refractivity contribution in [1.82, 2.24) is 14.7 Å². The molecule has 2 aromatic carbocycles. The fourth-order valence-electron chi connectivity index (χ4n) is 4.22. The van der Waals surface area contributed by atoms with Crippen molar-refractivity contribution in [2.75, 3.05) is 26.2 Å². The van der Waals surface area contributed by atoms with Crippen molar-refractivity contribution in [3.63, 3.8) is 0 Å². The van der Waals surface area contributed by atoms with Gasteiger partial charge in [-0.3, -0.25) is 24.1 Å². The summed E-state index contributed by atoms with van der Waals surface area (Å²) in [5.74, 6) is -1.02. The van der Waals surface area contributed by atoms with Crippen molar-refractivity contribution < 1.29 is 28.0 Å². The molecule has 0 saturated carbocycles. The van der Waals surface area contributed by atoms with Crippen LogP contribution in [0.15, 0.2) is 76.2 Å². The van der Waals surface area contributed by atoms with E-state index in [0.29, 0.717) is 42.9 Å². The van der Waals surface area contributed by atoms with Crippen LogP contribution in [-0.2, 0) is 11.3 Å². The van der Waals surface area contributed by atoms with Crippen LogP contribution in [0.3, 0.4) is 0 Å². The summed E-state index contributed by atoms with van der Waals surface area (Å²) in [5, 5.41) is -0.435. The average Bonchev–Trinajstić information content (AvgIpc) is 3.53. The lowest BCUT2D eigenvalue weighted by Gasteiger charge is -2.34. The Morgan fingerprint density at radius 1 is 0.919 bits per heavy atom. The van der Waals surface area contributed by atoms with Gasteiger partial charge in [-0.2, -0.15) is 0 Å². The first kappa shape index (κ1) is 24.5. The van der Waals surface area contributed by atoms with Crippen LogP contribution in [0.2, 0.25) is 0 Å². The van der Waals surface area contributed by atoms with Gasteiger partial charge < -0.3 is 14.2 Å². The molecule has 8 nitrogen and oxygen atoms in total. The molecule has 2 fully saturated rings. The number of amides is 4. The van der Waals surface area contributed by atoms with Crippen molar-refractivity contribution >= 4 is 40.8 Å². The molecule has 2 aliphatic rings. The molecule has 4 amide bonds. The van der Waals surface area contributed by atoms with Gasteiger partial charge in [0.15, 0.2) is 5.76 Å². The molecule has 1 aromatic heterocycles. The molecular weight excluding hydrogens is 497 g/mol. The minimum atomic E-state index is -0.465. The van der Waals surface area contributed by atoms with Crippen LogP contribution in [-0.4, -0.2) is 63.8 Å². The van der Waals surface area contributed by atoms with E-state index in [1.54, 1.807) is 58.3 Å². The number of rotatable bonds is 5. The highest BCUT2D eigenvalue weighted by Gasteiger charge is 2.35. The van der Waals surface area contributed by atoms with Crippen LogP contribution < -0.4 is 0 Å². The van der Waals surface area contributed by atoms with Crippen LogP contribution in [0, 0.1) is 5.82 Å². The van der Waals surface area contributed by atoms with Gasteiger partial charge >= 0.3 is 0 Å². The number of carbonyl (C=O) groups is 4. The number of hydrogen-bond acceptors (Lipinski definition) is 6. The smallest absolute Gasteiger partial charge is 0.293 e. The van der Waals surface area contributed by atoms with Crippen LogP contribution >= 0.6 is 11.8 Å². The normalized spacial score (nSPS) is 17.1. The second kappa shape index (κ2) is 10.4. The average molecular weight is 520 g/mol. The summed E-state index contributed by atoms with van der Waals surface area (Å²) >= 11 is 0.808. The lowest BCUT2D eigenvalue weighted by molar-refractivity contribution is -0.123. The van der Waals surface area contributed by atoms with Crippen molar-refractivity contribution in [2.24, 2.45) is 0 Å². The molecule has 0 N–H and O–H groups in total. The second-order valence-corrected chi connectivity index (χ2v) is 9.58. The van der Waals surface area contributed by atoms with E-state index < -0.39 is 17.0 Å². The molecule has 37 heavy (non-hydrogen) atoms. The van der Waals surface area contributed by atoms with Crippen molar-refractivity contribution in [2.45, 2.75) is 6.54 Å². The zero-order valence-corrected chi connectivity index (χ0v) is 20.4. The van der Waals surface area contributed by atoms with E-state index in [1.807, 2.05) is 0 Å². The van der Waals surface area contributed by atoms with E-state index in [1.165, 1.54) is 24.5 Å². The predicted octanol–water partition coefficient (Wildman–Crippen LogP) is 4.25. The summed E-state index contributed by atoms with van der Waals surface area (Å²) in [5.41, 5.74) is 1.56. The first-order valence-corrected chi connectivity index (χ1v) is 12.4. The number of imide groups is 1. The number of furan rings is 1. The SMILES string of the molecule is O=C(c1cccc(C=C2SC(=O)N(Cc3cccc(F)c3)C2=O)c1)N1CCN(C(=O)c2ccco2)CC1. The first-order chi connectivity index (χ1) is 17.9. The van der Waals surface area contributed by atoms with Crippen molar-refractivity contribution in [3.8, 4) is 0 Å². The largest absolute Gasteiger partial charge is 0.459 e. The van der Waals surface area contributed by atoms with Gasteiger partial charge in [0.1, 0.15) is 5.82 Å². The third-order valence-electron chi connectivity index (χ3n) is 6.12. The maximum Gasteiger partial charge on any atom is 0.293 e. The Kier molecular flexibility index (Phi) is 6.91. The number of nitrogens with zero attached hydrogens (tertiary/aromatic N) is 3. The number of benzene rings is 2. The third-order valence-corrected chi connectivity index (χ3v) is 7.03. The van der Waals surface area contributed by atoms with E-state index in [-0.39, 0.29) is 29.0 Å². The first-order valence-electron chi connectivity index (χ1n) is 11.6. The van der Waals surface area contributed by atoms with Gasteiger partial charge in [0.2, 0.25) is 0 Å². The lowest BCUT2D eigenvalue weighted by atomic mass is 10.1. The standard InChI is InChI=1S/C27H22FN3O5S/c28-21-7-2-5-19(15-21)17-31-26(34)23(37-27(31)35)16-18-4-1-6-20(14-18)24(32)29-9-11-30(12-10-29)25(33)22-8-3-13-36-22/h1-8,13-16H,9-12,17H2. The van der Waals surface area contributed by atoms with Gasteiger partial charge in [-0.05, 0) is 65.4 Å². The van der Waals surface area contributed by atoms with Gasteiger partial charge in [-0.1, -0.05) is 24.3 Å². The van der Waals surface area contributed by atoms with Gasteiger partial charge in [0.25, 0.3) is 23.0 Å². The van der Waals surface area contributed by atoms with Gasteiger partial charge in [-0.15, -0.1) is 0 Å². The summed E-state index contributed by atoms with van der Waals surface area (Å²) in [4.78, 5) is 55.5. The summed E-state index contributed by atoms with van der Waals surface area (Å²) in [6.45, 7) is 1.53. The molecule has 2 saturated heterocycles. The molecule has 0 bridgehead atoms. The van der Waals surface area contributed by atoms with Gasteiger partial charge in [-0.25, -0.2) is 4.39 Å². The highest BCUT2D eigenvalue weighted by Crippen LogP contribution is 2.33. The van der Waals surface area contributed by atoms with Crippen molar-refractivity contribution in [1.29, 1.82) is 0 Å².